The zero-order chi connectivity index (χ0) is 42.0. The van der Waals surface area contributed by atoms with Crippen molar-refractivity contribution >= 4 is 17.7 Å². The Morgan fingerprint density at radius 1 is 0.982 bits per heavy atom. The molecule has 0 radical (unpaired) electrons. The quantitative estimate of drug-likeness (QED) is 0.296. The van der Waals surface area contributed by atoms with Crippen LogP contribution in [0.1, 0.15) is 101 Å². The van der Waals surface area contributed by atoms with Crippen molar-refractivity contribution in [2.45, 2.75) is 179 Å². The predicted molar refractivity (Wildman–Crippen MR) is 209 cm³/mol. The maximum atomic E-state index is 14.7. The number of nitrogens with one attached hydrogen (secondary N) is 1. The summed E-state index contributed by atoms with van der Waals surface area (Å²) in [5.41, 5.74) is -2.60. The lowest BCUT2D eigenvalue weighted by Crippen LogP contribution is -2.61. The van der Waals surface area contributed by atoms with E-state index < -0.39 is 72.2 Å². The van der Waals surface area contributed by atoms with E-state index in [2.05, 4.69) is 5.32 Å². The minimum Gasteiger partial charge on any atom is -0.387 e. The molecule has 0 aromatic rings. The number of carbonyl (C=O) groups excluding carboxylic acids is 3. The number of hydrogen-bond donors (Lipinski definition) is 4. The lowest BCUT2D eigenvalue weighted by atomic mass is 9.77. The van der Waals surface area contributed by atoms with Gasteiger partial charge in [0.05, 0.1) is 41.5 Å². The number of methoxy groups -OCH3 is 1. The van der Waals surface area contributed by atoms with Crippen molar-refractivity contribution < 1.29 is 53.4 Å². The number of ether oxygens (including phenoxy) is 5. The fraction of sp³-hybridized carbons (Fsp3) is 0.927. The molecular formula is C41H74N4O11. The highest BCUT2D eigenvalue weighted by molar-refractivity contribution is 5.88. The molecule has 56 heavy (non-hydrogen) atoms. The molecule has 4 saturated heterocycles. The Morgan fingerprint density at radius 3 is 2.25 bits per heavy atom. The highest BCUT2D eigenvalue weighted by atomic mass is 16.7. The third-order valence-electron chi connectivity index (χ3n) is 12.9. The molecule has 4 aliphatic heterocycles. The van der Waals surface area contributed by atoms with Crippen molar-refractivity contribution in [2.75, 3.05) is 41.3 Å². The maximum absolute atomic E-state index is 14.7. The molecule has 4 aliphatic rings. The van der Waals surface area contributed by atoms with Gasteiger partial charge in [0.2, 0.25) is 17.7 Å². The van der Waals surface area contributed by atoms with Gasteiger partial charge in [-0.25, -0.2) is 0 Å². The number of aliphatic hydroxyl groups is 3. The van der Waals surface area contributed by atoms with E-state index in [9.17, 15) is 29.7 Å². The third-order valence-corrected chi connectivity index (χ3v) is 12.9. The summed E-state index contributed by atoms with van der Waals surface area (Å²) in [6.07, 6.45) is -4.61. The van der Waals surface area contributed by atoms with Gasteiger partial charge in [-0.15, -0.1) is 0 Å². The number of amides is 3. The van der Waals surface area contributed by atoms with Crippen LogP contribution in [0.3, 0.4) is 0 Å². The molecule has 0 aromatic heterocycles. The number of hydrogen-bond acceptors (Lipinski definition) is 12. The molecule has 4 heterocycles. The summed E-state index contributed by atoms with van der Waals surface area (Å²) in [5, 5.41) is 38.3. The lowest BCUT2D eigenvalue weighted by molar-refractivity contribution is -0.317. The lowest BCUT2D eigenvalue weighted by Gasteiger charge is -2.49. The van der Waals surface area contributed by atoms with Crippen molar-refractivity contribution in [2.24, 2.45) is 23.7 Å². The van der Waals surface area contributed by atoms with Gasteiger partial charge in [0, 0.05) is 58.1 Å². The van der Waals surface area contributed by atoms with E-state index in [-0.39, 0.29) is 73.6 Å². The number of carbonyl (C=O) groups is 3. The van der Waals surface area contributed by atoms with Crippen LogP contribution in [0.5, 0.6) is 0 Å². The smallest absolute Gasteiger partial charge is 0.245 e. The molecule has 0 aromatic carbocycles. The summed E-state index contributed by atoms with van der Waals surface area (Å²) in [6, 6.07) is -1.43. The fourth-order valence-electron chi connectivity index (χ4n) is 9.66. The van der Waals surface area contributed by atoms with Gasteiger partial charge in [0.15, 0.2) is 12.6 Å². The second-order valence-corrected chi connectivity index (χ2v) is 18.5. The summed E-state index contributed by atoms with van der Waals surface area (Å²) < 4.78 is 31.9. The summed E-state index contributed by atoms with van der Waals surface area (Å²) in [6.45, 7) is 17.2. The fourth-order valence-corrected chi connectivity index (χ4v) is 9.66. The maximum Gasteiger partial charge on any atom is 0.245 e. The van der Waals surface area contributed by atoms with E-state index in [4.69, 9.17) is 23.7 Å². The van der Waals surface area contributed by atoms with Gasteiger partial charge in [-0.05, 0) is 79.3 Å². The normalized spacial score (nSPS) is 44.2. The van der Waals surface area contributed by atoms with Crippen LogP contribution < -0.4 is 5.32 Å². The molecule has 15 nitrogen and oxygen atoms in total. The topological polar surface area (TPSA) is 180 Å². The van der Waals surface area contributed by atoms with E-state index in [1.54, 1.807) is 44.5 Å². The Kier molecular flexibility index (Phi) is 15.8. The number of aliphatic hydroxyl groups excluding tert-OH is 2. The van der Waals surface area contributed by atoms with E-state index in [1.807, 2.05) is 53.6 Å². The first-order valence-corrected chi connectivity index (χ1v) is 20.8. The van der Waals surface area contributed by atoms with Gasteiger partial charge < -0.3 is 59.0 Å². The SMILES string of the molecule is CO[C@]1(C)C[C@H](O[C@H]2[C@H](C)[C@@H](O[C@@H]3O[C@H](C)C[C@H](N(C)C)[C@H]3O)[C@](C)(O)C[C@@H](C)CN(C)C(=O)[C@H](C(C)C)NC(=O)C[C@H]3CCCN3C(=O)[C@@H]2C)O[C@@H](C)[C@@H]1O. The molecular weight excluding hydrogens is 724 g/mol. The van der Waals surface area contributed by atoms with Gasteiger partial charge in [-0.2, -0.15) is 0 Å². The Morgan fingerprint density at radius 2 is 1.64 bits per heavy atom. The highest BCUT2D eigenvalue weighted by Crippen LogP contribution is 2.40. The van der Waals surface area contributed by atoms with E-state index >= 15 is 0 Å². The van der Waals surface area contributed by atoms with Crippen LogP contribution in [-0.4, -0.2) is 168 Å². The molecule has 324 valence electrons. The van der Waals surface area contributed by atoms with Crippen LogP contribution in [0.25, 0.3) is 0 Å². The Hall–Kier alpha value is -1.95. The van der Waals surface area contributed by atoms with Gasteiger partial charge in [-0.3, -0.25) is 14.4 Å². The monoisotopic (exact) mass is 799 g/mol. The third kappa shape index (κ3) is 10.6. The van der Waals surface area contributed by atoms with Crippen LogP contribution in [0.4, 0.5) is 0 Å². The Bertz CT molecular complexity index is 1340. The molecule has 0 spiro atoms. The first-order chi connectivity index (χ1) is 26.0. The molecule has 0 unspecified atom stereocenters. The Balaban J connectivity index is 1.83. The zero-order valence-corrected chi connectivity index (χ0v) is 36.3. The summed E-state index contributed by atoms with van der Waals surface area (Å²) in [7, 11) is 7.01. The minimum absolute atomic E-state index is 0.0477. The van der Waals surface area contributed by atoms with E-state index in [1.165, 1.54) is 7.11 Å². The summed E-state index contributed by atoms with van der Waals surface area (Å²) in [5.74, 6) is -2.72. The molecule has 16 atom stereocenters. The van der Waals surface area contributed by atoms with Crippen LogP contribution in [-0.2, 0) is 38.1 Å². The van der Waals surface area contributed by atoms with E-state index in [0.717, 1.165) is 0 Å². The van der Waals surface area contributed by atoms with E-state index in [0.29, 0.717) is 25.8 Å². The standard InChI is InChI=1S/C41H74N4O11/c1-22(2)32-38(50)44(12)21-23(3)19-40(8,51)36(56-39-33(47)29(43(10)11)17-24(4)53-39)25(5)34(55-31-20-41(9,52-13)35(48)27(7)54-31)26(6)37(49)45-16-14-15-28(45)18-30(46)42-32/h22-29,31-36,39,47-48,51H,14-21H2,1-13H3,(H,42,46)/t23-,24-,25+,26-,27+,28-,29+,31+,32+,33-,34+,35+,36-,39+,40-,41-/m1/s1. The highest BCUT2D eigenvalue weighted by Gasteiger charge is 2.52. The second-order valence-electron chi connectivity index (χ2n) is 18.5. The van der Waals surface area contributed by atoms with Crippen LogP contribution in [0.15, 0.2) is 0 Å². The predicted octanol–water partition coefficient (Wildman–Crippen LogP) is 2.13. The average Bonchev–Trinajstić information content (AvgIpc) is 3.57. The molecule has 15 heteroatoms. The summed E-state index contributed by atoms with van der Waals surface area (Å²) >= 11 is 0. The number of nitrogens with zero attached hydrogens (tertiary/aromatic N) is 3. The van der Waals surface area contributed by atoms with Gasteiger partial charge in [0.25, 0.3) is 0 Å². The van der Waals surface area contributed by atoms with Crippen molar-refractivity contribution in [1.82, 2.24) is 20.0 Å². The van der Waals surface area contributed by atoms with Crippen molar-refractivity contribution in [1.29, 1.82) is 0 Å². The first kappa shape index (κ1) is 46.7. The van der Waals surface area contributed by atoms with Crippen LogP contribution in [0.2, 0.25) is 0 Å². The van der Waals surface area contributed by atoms with Crippen molar-refractivity contribution in [3.8, 4) is 0 Å². The molecule has 4 rings (SSSR count). The number of fused-ring (bicyclic) bond motifs is 1. The number of likely N-dealkylation sites (N-methyl/N-ethyl adjacent to an activating group) is 2. The van der Waals surface area contributed by atoms with Crippen LogP contribution in [0, 0.1) is 23.7 Å². The largest absolute Gasteiger partial charge is 0.387 e. The van der Waals surface area contributed by atoms with Crippen molar-refractivity contribution in [3.05, 3.63) is 0 Å². The second kappa shape index (κ2) is 19.0. The molecule has 0 bridgehead atoms. The van der Waals surface area contributed by atoms with Gasteiger partial charge >= 0.3 is 0 Å². The molecule has 4 N–H and O–H groups in total. The Labute approximate surface area is 335 Å². The molecule has 0 saturated carbocycles. The van der Waals surface area contributed by atoms with Gasteiger partial charge in [0.1, 0.15) is 18.2 Å². The molecule has 3 amide bonds. The molecule has 4 fully saturated rings. The van der Waals surface area contributed by atoms with Gasteiger partial charge in [-0.1, -0.05) is 34.6 Å². The minimum atomic E-state index is -1.60. The van der Waals surface area contributed by atoms with Crippen molar-refractivity contribution in [3.63, 3.8) is 0 Å². The summed E-state index contributed by atoms with van der Waals surface area (Å²) in [4.78, 5) is 47.4. The van der Waals surface area contributed by atoms with Crippen LogP contribution >= 0.6 is 0 Å². The number of rotatable bonds is 7. The zero-order valence-electron chi connectivity index (χ0n) is 36.3. The first-order valence-electron chi connectivity index (χ1n) is 20.8. The molecule has 0 aliphatic carbocycles. The average molecular weight is 799 g/mol.